The first-order chi connectivity index (χ1) is 9.34. The van der Waals surface area contributed by atoms with Gasteiger partial charge in [-0.25, -0.2) is 5.32 Å². The second-order valence-electron chi connectivity index (χ2n) is 5.60. The van der Waals surface area contributed by atoms with Crippen molar-refractivity contribution in [3.05, 3.63) is 29.8 Å². The molecule has 101 valence electrons. The maximum Gasteiger partial charge on any atom is 0.227 e. The summed E-state index contributed by atoms with van der Waals surface area (Å²) in [5, 5.41) is 4.45. The van der Waals surface area contributed by atoms with Gasteiger partial charge in [0.2, 0.25) is 5.91 Å². The van der Waals surface area contributed by atoms with Crippen LogP contribution in [0.25, 0.3) is 0 Å². The van der Waals surface area contributed by atoms with E-state index in [9.17, 15) is 4.79 Å². The van der Waals surface area contributed by atoms with Gasteiger partial charge in [-0.05, 0) is 43.2 Å². The molecule has 0 aromatic heterocycles. The molecule has 1 aromatic rings. The first-order valence-corrected chi connectivity index (χ1v) is 7.36. The quantitative estimate of drug-likeness (QED) is 0.818. The maximum atomic E-state index is 12.3. The summed E-state index contributed by atoms with van der Waals surface area (Å²) in [4.78, 5) is 14.3. The van der Waals surface area contributed by atoms with Crippen molar-refractivity contribution < 1.29 is 4.79 Å². The van der Waals surface area contributed by atoms with Crippen LogP contribution in [-0.2, 0) is 11.2 Å². The predicted octanol–water partition coefficient (Wildman–Crippen LogP) is 2.37. The van der Waals surface area contributed by atoms with E-state index in [-0.39, 0.29) is 5.91 Å². The van der Waals surface area contributed by atoms with Crippen LogP contribution in [0.1, 0.15) is 31.2 Å². The van der Waals surface area contributed by atoms with Gasteiger partial charge in [0.15, 0.2) is 0 Å². The molecule has 1 unspecified atom stereocenters. The van der Waals surface area contributed by atoms with Gasteiger partial charge in [0.05, 0.1) is 0 Å². The Hall–Kier alpha value is -1.35. The van der Waals surface area contributed by atoms with Crippen LogP contribution in [0.3, 0.4) is 0 Å². The van der Waals surface area contributed by atoms with Crippen LogP contribution in [0.2, 0.25) is 0 Å². The average Bonchev–Trinajstić information content (AvgIpc) is 2.90. The van der Waals surface area contributed by atoms with E-state index in [2.05, 4.69) is 23.5 Å². The molecule has 0 spiro atoms. The third kappa shape index (κ3) is 2.81. The number of hydrogen-bond acceptors (Lipinski definition) is 1. The summed E-state index contributed by atoms with van der Waals surface area (Å²) in [6.45, 7) is 2.83. The zero-order valence-corrected chi connectivity index (χ0v) is 11.3. The summed E-state index contributed by atoms with van der Waals surface area (Å²) in [7, 11) is 0. The number of fused-ring (bicyclic) bond motifs is 1. The van der Waals surface area contributed by atoms with Crippen molar-refractivity contribution in [2.75, 3.05) is 24.5 Å². The van der Waals surface area contributed by atoms with E-state index in [1.165, 1.54) is 18.4 Å². The smallest absolute Gasteiger partial charge is 0.227 e. The number of rotatable bonds is 3. The van der Waals surface area contributed by atoms with Gasteiger partial charge < -0.3 is 4.90 Å². The maximum absolute atomic E-state index is 12.3. The Kier molecular flexibility index (Phi) is 3.83. The molecular weight excluding hydrogens is 236 g/mol. The van der Waals surface area contributed by atoms with E-state index in [1.54, 1.807) is 0 Å². The molecule has 1 fully saturated rings. The summed E-state index contributed by atoms with van der Waals surface area (Å²) in [5.74, 6) is 0.922. The fourth-order valence-electron chi connectivity index (χ4n) is 3.15. The van der Waals surface area contributed by atoms with Crippen molar-refractivity contribution in [1.82, 2.24) is 5.32 Å². The van der Waals surface area contributed by atoms with Crippen molar-refractivity contribution in [3.8, 4) is 0 Å². The zero-order valence-electron chi connectivity index (χ0n) is 11.3. The Morgan fingerprint density at radius 1 is 1.37 bits per heavy atom. The lowest BCUT2D eigenvalue weighted by molar-refractivity contribution is -0.118. The summed E-state index contributed by atoms with van der Waals surface area (Å²) in [6.07, 6.45) is 5.12. The van der Waals surface area contributed by atoms with Gasteiger partial charge in [-0.2, -0.15) is 0 Å². The molecule has 3 rings (SSSR count). The summed E-state index contributed by atoms with van der Waals surface area (Å²) < 4.78 is 0. The van der Waals surface area contributed by atoms with Crippen LogP contribution in [0, 0.1) is 5.92 Å². The Morgan fingerprint density at radius 3 is 3.11 bits per heavy atom. The monoisotopic (exact) mass is 257 g/mol. The van der Waals surface area contributed by atoms with E-state index in [0.29, 0.717) is 12.3 Å². The molecule has 2 aliphatic heterocycles. The van der Waals surface area contributed by atoms with Crippen molar-refractivity contribution in [2.24, 2.45) is 5.92 Å². The minimum absolute atomic E-state index is 0.288. The number of amides is 1. The molecule has 0 aliphatic carbocycles. The number of piperidine rings is 1. The van der Waals surface area contributed by atoms with E-state index in [1.807, 2.05) is 11.0 Å². The van der Waals surface area contributed by atoms with Crippen molar-refractivity contribution in [3.63, 3.8) is 0 Å². The van der Waals surface area contributed by atoms with E-state index >= 15 is 0 Å². The first-order valence-electron chi connectivity index (χ1n) is 7.36. The van der Waals surface area contributed by atoms with Crippen molar-refractivity contribution in [1.29, 1.82) is 0 Å². The van der Waals surface area contributed by atoms with Gasteiger partial charge >= 0.3 is 0 Å². The molecule has 19 heavy (non-hydrogen) atoms. The minimum atomic E-state index is 0.288. The second kappa shape index (κ2) is 5.74. The molecule has 1 aromatic carbocycles. The molecule has 3 nitrogen and oxygen atoms in total. The van der Waals surface area contributed by atoms with E-state index < -0.39 is 0 Å². The molecule has 3 heteroatoms. The lowest BCUT2D eigenvalue weighted by Gasteiger charge is -2.23. The van der Waals surface area contributed by atoms with Gasteiger partial charge in [0.25, 0.3) is 0 Å². The second-order valence-corrected chi connectivity index (χ2v) is 5.60. The SMILES string of the molecule is O=C(CCC1CCC[N]C1)N1CCc2ccccc21. The molecule has 1 radical (unpaired) electrons. The van der Waals surface area contributed by atoms with Crippen LogP contribution in [0.4, 0.5) is 5.69 Å². The largest absolute Gasteiger partial charge is 0.312 e. The van der Waals surface area contributed by atoms with E-state index in [0.717, 1.165) is 38.2 Å². The Labute approximate surface area is 115 Å². The normalized spacial score (nSPS) is 22.3. The average molecular weight is 257 g/mol. The van der Waals surface area contributed by atoms with Gasteiger partial charge in [-0.15, -0.1) is 0 Å². The van der Waals surface area contributed by atoms with Crippen LogP contribution in [-0.4, -0.2) is 25.5 Å². The predicted molar refractivity (Wildman–Crippen MR) is 76.3 cm³/mol. The van der Waals surface area contributed by atoms with Gasteiger partial charge in [-0.1, -0.05) is 18.2 Å². The molecule has 0 N–H and O–H groups in total. The molecule has 1 amide bonds. The van der Waals surface area contributed by atoms with Crippen LogP contribution >= 0.6 is 0 Å². The van der Waals surface area contributed by atoms with Gasteiger partial charge in [0, 0.05) is 31.7 Å². The van der Waals surface area contributed by atoms with Crippen molar-refractivity contribution >= 4 is 11.6 Å². The highest BCUT2D eigenvalue weighted by Crippen LogP contribution is 2.28. The number of carbonyl (C=O) groups is 1. The molecule has 2 heterocycles. The first kappa shape index (κ1) is 12.7. The fourth-order valence-corrected chi connectivity index (χ4v) is 3.15. The van der Waals surface area contributed by atoms with Gasteiger partial charge in [0.1, 0.15) is 0 Å². The number of hydrogen-bond donors (Lipinski definition) is 0. The highest BCUT2D eigenvalue weighted by atomic mass is 16.2. The number of nitrogens with zero attached hydrogens (tertiary/aromatic N) is 2. The van der Waals surface area contributed by atoms with Crippen molar-refractivity contribution in [2.45, 2.75) is 32.1 Å². The van der Waals surface area contributed by atoms with Crippen LogP contribution < -0.4 is 10.2 Å². The Bertz CT molecular complexity index is 452. The lowest BCUT2D eigenvalue weighted by atomic mass is 9.94. The molecule has 0 saturated carbocycles. The number of carbonyl (C=O) groups excluding carboxylic acids is 1. The standard InChI is InChI=1S/C16H21N2O/c19-16(8-7-13-4-3-10-17-12-13)18-11-9-14-5-1-2-6-15(14)18/h1-2,5-6,13H,3-4,7-12H2. The van der Waals surface area contributed by atoms with Crippen LogP contribution in [0.5, 0.6) is 0 Å². The molecule has 1 saturated heterocycles. The lowest BCUT2D eigenvalue weighted by Crippen LogP contribution is -2.30. The van der Waals surface area contributed by atoms with Gasteiger partial charge in [-0.3, -0.25) is 4.79 Å². The summed E-state index contributed by atoms with van der Waals surface area (Å²) in [6, 6.07) is 8.26. The third-order valence-electron chi connectivity index (χ3n) is 4.27. The number of benzene rings is 1. The number of anilines is 1. The summed E-state index contributed by atoms with van der Waals surface area (Å²) >= 11 is 0. The Morgan fingerprint density at radius 2 is 2.26 bits per heavy atom. The highest BCUT2D eigenvalue weighted by Gasteiger charge is 2.24. The molecule has 1 atom stereocenters. The molecule has 0 bridgehead atoms. The molecule has 2 aliphatic rings. The Balaban J connectivity index is 1.56. The minimum Gasteiger partial charge on any atom is -0.312 e. The van der Waals surface area contributed by atoms with Crippen LogP contribution in [0.15, 0.2) is 24.3 Å². The number of para-hydroxylation sites is 1. The highest BCUT2D eigenvalue weighted by molar-refractivity contribution is 5.95. The third-order valence-corrected chi connectivity index (χ3v) is 4.27. The summed E-state index contributed by atoms with van der Waals surface area (Å²) in [5.41, 5.74) is 2.43. The van der Waals surface area contributed by atoms with E-state index in [4.69, 9.17) is 0 Å². The topological polar surface area (TPSA) is 34.4 Å². The fraction of sp³-hybridized carbons (Fsp3) is 0.562. The zero-order chi connectivity index (χ0) is 13.1. The molecular formula is C16H21N2O.